The molecule has 3 atom stereocenters. The van der Waals surface area contributed by atoms with Crippen LogP contribution in [0.2, 0.25) is 0 Å². The van der Waals surface area contributed by atoms with Crippen molar-refractivity contribution in [3.63, 3.8) is 0 Å². The van der Waals surface area contributed by atoms with Gasteiger partial charge in [-0.2, -0.15) is 0 Å². The van der Waals surface area contributed by atoms with Crippen molar-refractivity contribution >= 4 is 46.9 Å². The van der Waals surface area contributed by atoms with Crippen LogP contribution in [0, 0.1) is 0 Å². The van der Waals surface area contributed by atoms with Gasteiger partial charge in [-0.15, -0.1) is 16.9 Å². The number of carbonyl (C=O) groups is 2. The third-order valence-corrected chi connectivity index (χ3v) is 7.57. The summed E-state index contributed by atoms with van der Waals surface area (Å²) in [5, 5.41) is 4.77. The highest BCUT2D eigenvalue weighted by molar-refractivity contribution is 8.02. The number of ether oxygens (including phenoxy) is 1. The number of amides is 1. The van der Waals surface area contributed by atoms with Gasteiger partial charge in [0.25, 0.3) is 0 Å². The van der Waals surface area contributed by atoms with E-state index >= 15 is 0 Å². The molecule has 0 aromatic carbocycles. The maximum atomic E-state index is 12.8. The van der Waals surface area contributed by atoms with Gasteiger partial charge in [0.2, 0.25) is 5.91 Å². The molecule has 10 heteroatoms. The fraction of sp³-hybridized carbons (Fsp3) is 0.571. The van der Waals surface area contributed by atoms with E-state index in [0.717, 1.165) is 15.5 Å². The summed E-state index contributed by atoms with van der Waals surface area (Å²) in [5.41, 5.74) is 6.51. The van der Waals surface area contributed by atoms with Crippen LogP contribution in [-0.4, -0.2) is 49.1 Å². The molecule has 0 bridgehead atoms. The topological polar surface area (TPSA) is 98.4 Å². The zero-order valence-corrected chi connectivity index (χ0v) is 15.8. The van der Waals surface area contributed by atoms with Gasteiger partial charge in [0.1, 0.15) is 27.7 Å². The summed E-state index contributed by atoms with van der Waals surface area (Å²) in [6.07, 6.45) is 0. The number of hydrogen-bond donors (Lipinski definition) is 1. The Morgan fingerprint density at radius 1 is 1.42 bits per heavy atom. The van der Waals surface area contributed by atoms with Crippen LogP contribution in [0.15, 0.2) is 16.3 Å². The molecule has 0 radical (unpaired) electrons. The smallest absolute Gasteiger partial charge is 0.355 e. The lowest BCUT2D eigenvalue weighted by Gasteiger charge is -2.49. The second kappa shape index (κ2) is 5.45. The van der Waals surface area contributed by atoms with Gasteiger partial charge >= 0.3 is 5.97 Å². The Hall–Kier alpha value is -1.10. The Morgan fingerprint density at radius 2 is 2.17 bits per heavy atom. The number of aromatic nitrogens is 2. The monoisotopic (exact) mass is 384 g/mol. The van der Waals surface area contributed by atoms with Crippen LogP contribution >= 0.6 is 35.1 Å². The highest BCUT2D eigenvalue weighted by atomic mass is 32.2. The molecule has 4 rings (SSSR count). The van der Waals surface area contributed by atoms with Crippen molar-refractivity contribution in [1.82, 2.24) is 14.5 Å². The Kier molecular flexibility index (Phi) is 3.72. The second-order valence-corrected chi connectivity index (χ2v) is 9.74. The van der Waals surface area contributed by atoms with Gasteiger partial charge < -0.3 is 10.5 Å². The molecule has 0 saturated carbocycles. The van der Waals surface area contributed by atoms with E-state index < -0.39 is 17.6 Å². The summed E-state index contributed by atoms with van der Waals surface area (Å²) >= 11 is 4.50. The van der Waals surface area contributed by atoms with Crippen LogP contribution in [0.5, 0.6) is 0 Å². The van der Waals surface area contributed by atoms with E-state index in [0.29, 0.717) is 11.4 Å². The molecule has 24 heavy (non-hydrogen) atoms. The molecule has 1 aromatic heterocycles. The molecule has 3 aliphatic heterocycles. The van der Waals surface area contributed by atoms with Gasteiger partial charge in [0.15, 0.2) is 0 Å². The van der Waals surface area contributed by atoms with E-state index in [4.69, 9.17) is 10.5 Å². The molecule has 2 unspecified atom stereocenters. The van der Waals surface area contributed by atoms with Crippen LogP contribution in [0.3, 0.4) is 0 Å². The van der Waals surface area contributed by atoms with Crippen LogP contribution in [0.4, 0.5) is 0 Å². The van der Waals surface area contributed by atoms with E-state index in [9.17, 15) is 9.59 Å². The highest BCUT2D eigenvalue weighted by Gasteiger charge is 2.54. The molecule has 7 nitrogen and oxygen atoms in total. The van der Waals surface area contributed by atoms with Gasteiger partial charge in [-0.05, 0) is 37.9 Å². The summed E-state index contributed by atoms with van der Waals surface area (Å²) < 4.78 is 9.51. The molecule has 1 aromatic rings. The number of nitrogens with zero attached hydrogens (tertiary/aromatic N) is 3. The average Bonchev–Trinajstić information content (AvgIpc) is 2.85. The van der Waals surface area contributed by atoms with Gasteiger partial charge in [-0.3, -0.25) is 9.69 Å². The minimum atomic E-state index is -0.630. The standard InChI is InChI=1S/C14H16N4O3S3/c1-14(2,3)21-13(20)7-5(8-9-10(23-8)16-17-24-9)4-22-12-6(15)11(19)18(7)12/h6,8,12H,4,15H2,1-3H3/t6?,8?,12-/m0/s1. The normalized spacial score (nSPS) is 28.8. The van der Waals surface area contributed by atoms with Gasteiger partial charge in [0.05, 0.1) is 10.1 Å². The number of esters is 1. The average molecular weight is 385 g/mol. The predicted octanol–water partition coefficient (Wildman–Crippen LogP) is 1.52. The van der Waals surface area contributed by atoms with E-state index in [1.165, 1.54) is 16.4 Å². The molecule has 2 N–H and O–H groups in total. The summed E-state index contributed by atoms with van der Waals surface area (Å²) in [5.74, 6) is -0.0433. The van der Waals surface area contributed by atoms with Crippen molar-refractivity contribution < 1.29 is 14.3 Å². The molecule has 1 fully saturated rings. The van der Waals surface area contributed by atoms with Crippen molar-refractivity contribution in [2.45, 2.75) is 48.1 Å². The van der Waals surface area contributed by atoms with Crippen LogP contribution in [0.25, 0.3) is 0 Å². The fourth-order valence-corrected chi connectivity index (χ4v) is 6.33. The van der Waals surface area contributed by atoms with Crippen molar-refractivity contribution in [3.8, 4) is 0 Å². The lowest BCUT2D eigenvalue weighted by Crippen LogP contribution is -2.68. The Bertz CT molecular complexity index is 770. The minimum Gasteiger partial charge on any atom is -0.455 e. The second-order valence-electron chi connectivity index (χ2n) is 6.75. The summed E-state index contributed by atoms with van der Waals surface area (Å²) in [4.78, 5) is 27.6. The van der Waals surface area contributed by atoms with Crippen molar-refractivity contribution in [2.75, 3.05) is 5.75 Å². The SMILES string of the molecule is CC(C)(C)OC(=O)C1=C(C2Sc3nnsc32)CS[C@H]2C(N)C(=O)N12. The first-order valence-corrected chi connectivity index (χ1v) is 10.1. The Morgan fingerprint density at radius 3 is 2.83 bits per heavy atom. The third-order valence-electron chi connectivity index (χ3n) is 3.90. The Labute approximate surface area is 151 Å². The molecule has 4 heterocycles. The zero-order chi connectivity index (χ0) is 17.2. The highest BCUT2D eigenvalue weighted by Crippen LogP contribution is 2.57. The number of fused-ring (bicyclic) bond motifs is 2. The number of thioether (sulfide) groups is 2. The minimum absolute atomic E-state index is 0.0144. The predicted molar refractivity (Wildman–Crippen MR) is 92.4 cm³/mol. The molecular formula is C14H16N4O3S3. The molecule has 3 aliphatic rings. The van der Waals surface area contributed by atoms with Crippen LogP contribution in [0.1, 0.15) is 30.9 Å². The summed E-state index contributed by atoms with van der Waals surface area (Å²) in [7, 11) is 0. The van der Waals surface area contributed by atoms with Crippen LogP contribution < -0.4 is 5.73 Å². The Balaban J connectivity index is 1.74. The molecule has 0 spiro atoms. The number of carbonyl (C=O) groups excluding carboxylic acids is 2. The van der Waals surface area contributed by atoms with E-state index in [1.807, 2.05) is 20.8 Å². The molecular weight excluding hydrogens is 368 g/mol. The number of rotatable bonds is 2. The first-order chi connectivity index (χ1) is 11.3. The van der Waals surface area contributed by atoms with E-state index in [-0.39, 0.29) is 16.5 Å². The van der Waals surface area contributed by atoms with Gasteiger partial charge in [-0.25, -0.2) is 4.79 Å². The number of nitrogens with two attached hydrogens (primary N) is 1. The largest absolute Gasteiger partial charge is 0.455 e. The number of hydrogen-bond acceptors (Lipinski definition) is 9. The van der Waals surface area contributed by atoms with Gasteiger partial charge in [-0.1, -0.05) is 16.3 Å². The lowest BCUT2D eigenvalue weighted by atomic mass is 10.0. The zero-order valence-electron chi connectivity index (χ0n) is 13.3. The quantitative estimate of drug-likeness (QED) is 0.605. The maximum Gasteiger partial charge on any atom is 0.355 e. The van der Waals surface area contributed by atoms with Crippen molar-refractivity contribution in [3.05, 3.63) is 16.1 Å². The van der Waals surface area contributed by atoms with Crippen molar-refractivity contribution in [2.24, 2.45) is 5.73 Å². The molecule has 128 valence electrons. The molecule has 0 aliphatic carbocycles. The third kappa shape index (κ3) is 2.39. The molecule has 1 amide bonds. The first kappa shape index (κ1) is 16.4. The lowest BCUT2D eigenvalue weighted by molar-refractivity contribution is -0.158. The van der Waals surface area contributed by atoms with E-state index in [2.05, 4.69) is 9.59 Å². The summed E-state index contributed by atoms with van der Waals surface area (Å²) in [6.45, 7) is 5.44. The van der Waals surface area contributed by atoms with Crippen LogP contribution in [-0.2, 0) is 14.3 Å². The van der Waals surface area contributed by atoms with E-state index in [1.54, 1.807) is 23.5 Å². The maximum absolute atomic E-state index is 12.8. The van der Waals surface area contributed by atoms with Gasteiger partial charge in [0, 0.05) is 5.75 Å². The first-order valence-electron chi connectivity index (χ1n) is 7.43. The van der Waals surface area contributed by atoms with Crippen molar-refractivity contribution in [1.29, 1.82) is 0 Å². The summed E-state index contributed by atoms with van der Waals surface area (Å²) in [6, 6.07) is -0.552. The fourth-order valence-electron chi connectivity index (χ4n) is 2.82. The molecule has 1 saturated heterocycles. The number of β-lactam (4-membered cyclic amide) rings is 1.